The molecule has 2 rings (SSSR count). The van der Waals surface area contributed by atoms with Gasteiger partial charge in [0, 0.05) is 0 Å². The largest absolute Gasteiger partial charge is 0.493 e. The quantitative estimate of drug-likeness (QED) is 0.0562. The van der Waals surface area contributed by atoms with Crippen molar-refractivity contribution in [2.24, 2.45) is 5.92 Å². The molecule has 9 nitrogen and oxygen atoms in total. The first kappa shape index (κ1) is 38.4. The van der Waals surface area contributed by atoms with Crippen LogP contribution in [0.5, 0.6) is 5.75 Å². The minimum absolute atomic E-state index is 0.245. The molecule has 12 heteroatoms. The Labute approximate surface area is 246 Å². The summed E-state index contributed by atoms with van der Waals surface area (Å²) in [6.07, 6.45) is 13.6. The van der Waals surface area contributed by atoms with Gasteiger partial charge < -0.3 is 19.6 Å². The maximum atomic E-state index is 12.5. The highest BCUT2D eigenvalue weighted by molar-refractivity contribution is 5.77. The van der Waals surface area contributed by atoms with Gasteiger partial charge in [-0.25, -0.2) is 4.79 Å². The highest BCUT2D eigenvalue weighted by Gasteiger charge is 2.30. The normalized spacial score (nSPS) is 14.6. The number of carbonyl (C=O) groups excluding carboxylic acids is 2. The maximum absolute atomic E-state index is 12.5. The van der Waals surface area contributed by atoms with E-state index in [1.165, 1.54) is 64.9 Å². The van der Waals surface area contributed by atoms with E-state index in [1.807, 2.05) is 0 Å². The highest BCUT2D eigenvalue weighted by Crippen LogP contribution is 2.31. The van der Waals surface area contributed by atoms with Crippen LogP contribution >= 0.6 is 0 Å². The van der Waals surface area contributed by atoms with Crippen LogP contribution in [0.1, 0.15) is 84.6 Å². The molecule has 0 radical (unpaired) electrons. The third-order valence-electron chi connectivity index (χ3n) is 5.88. The third-order valence-corrected chi connectivity index (χ3v) is 5.88. The highest BCUT2D eigenvalue weighted by atomic mass is 19.4. The van der Waals surface area contributed by atoms with Crippen molar-refractivity contribution in [3.8, 4) is 5.75 Å². The van der Waals surface area contributed by atoms with E-state index in [0.717, 1.165) is 18.6 Å². The third kappa shape index (κ3) is 20.3. The van der Waals surface area contributed by atoms with Crippen molar-refractivity contribution in [3.63, 3.8) is 0 Å². The Kier molecular flexibility index (Phi) is 21.1. The summed E-state index contributed by atoms with van der Waals surface area (Å²) in [6.45, 7) is 7.25. The fourth-order valence-electron chi connectivity index (χ4n) is 3.61. The molecule has 238 valence electrons. The van der Waals surface area contributed by atoms with Gasteiger partial charge in [0.1, 0.15) is 24.5 Å². The zero-order valence-corrected chi connectivity index (χ0v) is 24.9. The number of alkyl halides is 3. The van der Waals surface area contributed by atoms with Gasteiger partial charge in [0.05, 0.1) is 12.2 Å². The molecule has 0 spiro atoms. The number of amides is 1. The second kappa shape index (κ2) is 23.0. The Balaban J connectivity index is 0.000000674. The van der Waals surface area contributed by atoms with Crippen LogP contribution in [-0.4, -0.2) is 42.8 Å². The first-order valence-electron chi connectivity index (χ1n) is 14.2. The molecule has 1 fully saturated rings. The van der Waals surface area contributed by atoms with E-state index < -0.39 is 34.9 Å². The molecule has 0 aromatic heterocycles. The van der Waals surface area contributed by atoms with E-state index in [1.54, 1.807) is 6.07 Å². The summed E-state index contributed by atoms with van der Waals surface area (Å²) in [5, 5.41) is 11.1. The van der Waals surface area contributed by atoms with E-state index in [0.29, 0.717) is 18.9 Å². The van der Waals surface area contributed by atoms with Crippen LogP contribution in [0.15, 0.2) is 48.6 Å². The van der Waals surface area contributed by atoms with E-state index in [2.05, 4.69) is 53.0 Å². The van der Waals surface area contributed by atoms with Crippen LogP contribution in [0.4, 0.5) is 13.2 Å². The summed E-state index contributed by atoms with van der Waals surface area (Å²) >= 11 is 0. The van der Waals surface area contributed by atoms with Gasteiger partial charge >= 0.3 is 12.1 Å². The van der Waals surface area contributed by atoms with E-state index >= 15 is 0 Å². The van der Waals surface area contributed by atoms with E-state index in [4.69, 9.17) is 4.74 Å². The van der Waals surface area contributed by atoms with Gasteiger partial charge in [0.2, 0.25) is 6.41 Å². The molecule has 0 aliphatic heterocycles. The number of allylic oxidation sites excluding steroid dienone is 3. The SMILES string of the molecule is C/C=C\CCCC.CC(COC(=O)C(C)NC=O)O[N+](=O)[O-].FC(F)(F)c1cccc(OCC/C=C/C2CCCC2)c1. The van der Waals surface area contributed by atoms with Crippen molar-refractivity contribution >= 4 is 12.4 Å². The lowest BCUT2D eigenvalue weighted by atomic mass is 10.1. The zero-order chi connectivity index (χ0) is 31.8. The first-order valence-corrected chi connectivity index (χ1v) is 14.2. The van der Waals surface area contributed by atoms with Crippen LogP contribution in [0.3, 0.4) is 0 Å². The molecule has 0 saturated heterocycles. The number of nitrogens with zero attached hydrogens (tertiary/aromatic N) is 1. The summed E-state index contributed by atoms with van der Waals surface area (Å²) in [7, 11) is 0. The van der Waals surface area contributed by atoms with Crippen LogP contribution in [0.2, 0.25) is 0 Å². The average molecular weight is 603 g/mol. The fraction of sp³-hybridized carbons (Fsp3) is 0.600. The number of ether oxygens (including phenoxy) is 2. The van der Waals surface area contributed by atoms with E-state index in [9.17, 15) is 32.9 Å². The van der Waals surface area contributed by atoms with Crippen LogP contribution < -0.4 is 10.1 Å². The van der Waals surface area contributed by atoms with Crippen LogP contribution in [0, 0.1) is 16.0 Å². The van der Waals surface area contributed by atoms with Crippen LogP contribution in [-0.2, 0) is 25.3 Å². The molecule has 1 saturated carbocycles. The topological polar surface area (TPSA) is 117 Å². The molecular weight excluding hydrogens is 557 g/mol. The molecule has 0 heterocycles. The molecule has 2 unspecified atom stereocenters. The zero-order valence-electron chi connectivity index (χ0n) is 24.9. The van der Waals surface area contributed by atoms with Gasteiger partial charge in [-0.2, -0.15) is 13.2 Å². The molecule has 1 aromatic carbocycles. The lowest BCUT2D eigenvalue weighted by Crippen LogP contribution is -2.36. The molecule has 1 N–H and O–H groups in total. The van der Waals surface area contributed by atoms with Gasteiger partial charge in [-0.1, -0.05) is 63.0 Å². The summed E-state index contributed by atoms with van der Waals surface area (Å²) in [6, 6.07) is 4.22. The Morgan fingerprint density at radius 1 is 1.19 bits per heavy atom. The standard InChI is InChI=1S/C16H19F3O.C7H12N2O6.C7H14/c17-16(18,19)14-9-5-10-15(12-14)20-11-4-3-8-13-6-1-2-7-13;1-5(15-9(12)13)3-14-7(11)6(2)8-4-10;1-3-5-7-6-4-2/h3,5,8-10,12-13H,1-2,4,6-7,11H2;4-6H,3H2,1-2H3,(H,8,10);3,5H,4,6-7H2,1-2H3/b8-3+;;5-3-. The van der Waals surface area contributed by atoms with Gasteiger partial charge in [-0.15, -0.1) is 10.1 Å². The smallest absolute Gasteiger partial charge is 0.416 e. The fourth-order valence-corrected chi connectivity index (χ4v) is 3.61. The van der Waals surface area contributed by atoms with Gasteiger partial charge in [0.15, 0.2) is 0 Å². The molecule has 1 aliphatic carbocycles. The summed E-state index contributed by atoms with van der Waals surface area (Å²) < 4.78 is 47.5. The van der Waals surface area contributed by atoms with Crippen molar-refractivity contribution in [1.29, 1.82) is 0 Å². The minimum Gasteiger partial charge on any atom is -0.493 e. The maximum Gasteiger partial charge on any atom is 0.416 e. The number of halogens is 3. The first-order chi connectivity index (χ1) is 19.9. The Morgan fingerprint density at radius 3 is 2.45 bits per heavy atom. The summed E-state index contributed by atoms with van der Waals surface area (Å²) in [5.74, 6) is 0.276. The van der Waals surface area contributed by atoms with Crippen molar-refractivity contribution in [3.05, 3.63) is 64.2 Å². The number of carbonyl (C=O) groups is 2. The molecule has 0 bridgehead atoms. The van der Waals surface area contributed by atoms with E-state index in [-0.39, 0.29) is 12.4 Å². The monoisotopic (exact) mass is 602 g/mol. The molecule has 1 aliphatic rings. The number of benzene rings is 1. The van der Waals surface area contributed by atoms with Gasteiger partial charge in [-0.05, 0) is 70.6 Å². The Morgan fingerprint density at radius 2 is 1.88 bits per heavy atom. The Bertz CT molecular complexity index is 949. The lowest BCUT2D eigenvalue weighted by molar-refractivity contribution is -0.767. The molecule has 42 heavy (non-hydrogen) atoms. The predicted octanol–water partition coefficient (Wildman–Crippen LogP) is 7.23. The summed E-state index contributed by atoms with van der Waals surface area (Å²) in [4.78, 5) is 35.0. The molecule has 1 amide bonds. The molecule has 1 aromatic rings. The lowest BCUT2D eigenvalue weighted by Gasteiger charge is -2.13. The number of unbranched alkanes of at least 4 members (excludes halogenated alkanes) is 2. The van der Waals surface area contributed by atoms with Crippen molar-refractivity contribution in [1.82, 2.24) is 5.32 Å². The summed E-state index contributed by atoms with van der Waals surface area (Å²) in [5.41, 5.74) is -0.670. The van der Waals surface area contributed by atoms with Gasteiger partial charge in [-0.3, -0.25) is 4.79 Å². The number of rotatable bonds is 15. The second-order valence-electron chi connectivity index (χ2n) is 9.62. The predicted molar refractivity (Wildman–Crippen MR) is 154 cm³/mol. The van der Waals surface area contributed by atoms with Crippen LogP contribution in [0.25, 0.3) is 0 Å². The average Bonchev–Trinajstić information content (AvgIpc) is 3.46. The minimum atomic E-state index is -4.32. The van der Waals surface area contributed by atoms with Crippen molar-refractivity contribution in [2.45, 2.75) is 97.4 Å². The Hall–Kier alpha value is -3.57. The number of nitrogens with one attached hydrogen (secondary N) is 1. The molecular formula is C30H45F3N2O7. The number of esters is 1. The van der Waals surface area contributed by atoms with Gasteiger partial charge in [0.25, 0.3) is 5.09 Å². The molecule has 2 atom stereocenters. The number of hydrogen-bond donors (Lipinski definition) is 1. The number of hydrogen-bond acceptors (Lipinski definition) is 7. The van der Waals surface area contributed by atoms with Crippen molar-refractivity contribution in [2.75, 3.05) is 13.2 Å². The second-order valence-corrected chi connectivity index (χ2v) is 9.62. The van der Waals surface area contributed by atoms with Crippen molar-refractivity contribution < 1.29 is 42.2 Å².